The Hall–Kier alpha value is -8.74. The Labute approximate surface area is 382 Å². The van der Waals surface area contributed by atoms with Crippen molar-refractivity contribution in [2.75, 3.05) is 0 Å². The summed E-state index contributed by atoms with van der Waals surface area (Å²) in [6.07, 6.45) is 0. The molecule has 0 radical (unpaired) electrons. The lowest BCUT2D eigenvalue weighted by molar-refractivity contribution is 0.987. The first-order valence-corrected chi connectivity index (χ1v) is 20.9. The number of para-hydroxylation sites is 8. The van der Waals surface area contributed by atoms with Crippen molar-refractivity contribution in [3.8, 4) is 34.4 Å². The standard InChI is InChI=1S/C58H36N6/c1-9-26-45-37(18-1)38-19-2-10-27-46(38)61(45)53-34-17-35-54(62-47-28-11-3-20-39(47)40-21-4-12-29-48(40)62)57(53)58-59-55(63-49-30-13-5-22-41(49)42-23-6-14-31-50(42)63)36-56(60-58)64-51-32-15-7-24-43(51)44-25-8-16-33-52(44)64/h1-36H/i5D,6D,13D,14D,17D,22D,23D,30D,31D,34D,35D. The third kappa shape index (κ3) is 4.85. The smallest absolute Gasteiger partial charge is 0.168 e. The second kappa shape index (κ2) is 13.4. The van der Waals surface area contributed by atoms with Crippen LogP contribution in [0.25, 0.3) is 122 Å². The molecule has 5 aromatic heterocycles. The van der Waals surface area contributed by atoms with Crippen molar-refractivity contribution in [1.29, 1.82) is 0 Å². The van der Waals surface area contributed by atoms with Gasteiger partial charge in [0, 0.05) is 49.2 Å². The molecule has 298 valence electrons. The lowest BCUT2D eigenvalue weighted by Gasteiger charge is -2.20. The third-order valence-corrected chi connectivity index (χ3v) is 12.4. The zero-order valence-electron chi connectivity index (χ0n) is 44.6. The van der Waals surface area contributed by atoms with Crippen molar-refractivity contribution >= 4 is 87.2 Å². The summed E-state index contributed by atoms with van der Waals surface area (Å²) in [5.41, 5.74) is 4.54. The van der Waals surface area contributed by atoms with Gasteiger partial charge in [-0.15, -0.1) is 0 Å². The average molecular weight is 828 g/mol. The Kier molecular flexibility index (Phi) is 5.41. The molecule has 14 rings (SSSR count). The molecule has 0 N–H and O–H groups in total. The van der Waals surface area contributed by atoms with Gasteiger partial charge in [0.05, 0.1) is 76.2 Å². The van der Waals surface area contributed by atoms with E-state index in [1.807, 2.05) is 159 Å². The molecule has 0 spiro atoms. The number of fused-ring (bicyclic) bond motifs is 12. The van der Waals surface area contributed by atoms with Crippen molar-refractivity contribution in [3.05, 3.63) is 218 Å². The van der Waals surface area contributed by atoms with Gasteiger partial charge < -0.3 is 9.13 Å². The van der Waals surface area contributed by atoms with Crippen molar-refractivity contribution in [3.63, 3.8) is 0 Å². The van der Waals surface area contributed by atoms with E-state index >= 15 is 0 Å². The van der Waals surface area contributed by atoms with Crippen LogP contribution in [-0.2, 0) is 0 Å². The van der Waals surface area contributed by atoms with E-state index in [0.29, 0.717) is 22.1 Å². The average Bonchev–Trinajstić information content (AvgIpc) is 4.29. The van der Waals surface area contributed by atoms with Gasteiger partial charge in [0.1, 0.15) is 11.6 Å². The highest BCUT2D eigenvalue weighted by atomic mass is 15.2. The van der Waals surface area contributed by atoms with Gasteiger partial charge in [-0.05, 0) is 60.6 Å². The highest BCUT2D eigenvalue weighted by molar-refractivity contribution is 6.13. The minimum atomic E-state index is -0.588. The monoisotopic (exact) mass is 827 g/mol. The van der Waals surface area contributed by atoms with Crippen LogP contribution in [0.4, 0.5) is 0 Å². The highest BCUT2D eigenvalue weighted by Gasteiger charge is 2.26. The Morgan fingerprint density at radius 2 is 0.609 bits per heavy atom. The number of hydrogen-bond donors (Lipinski definition) is 0. The van der Waals surface area contributed by atoms with Crippen molar-refractivity contribution < 1.29 is 15.1 Å². The maximum absolute atomic E-state index is 10.1. The minimum absolute atomic E-state index is 0.0405. The molecular weight excluding hydrogens is 781 g/mol. The summed E-state index contributed by atoms with van der Waals surface area (Å²) in [6.45, 7) is 0. The van der Waals surface area contributed by atoms with E-state index < -0.39 is 48.3 Å². The summed E-state index contributed by atoms with van der Waals surface area (Å²) in [5.74, 6) is 0.150. The predicted octanol–water partition coefficient (Wildman–Crippen LogP) is 14.5. The van der Waals surface area contributed by atoms with E-state index in [0.717, 1.165) is 43.4 Å². The van der Waals surface area contributed by atoms with Gasteiger partial charge in [0.2, 0.25) is 0 Å². The predicted molar refractivity (Wildman–Crippen MR) is 265 cm³/mol. The number of aromatic nitrogens is 6. The molecular formula is C58H36N6. The van der Waals surface area contributed by atoms with Crippen LogP contribution in [0, 0.1) is 0 Å². The lowest BCUT2D eigenvalue weighted by atomic mass is 10.1. The van der Waals surface area contributed by atoms with E-state index in [4.69, 9.17) is 15.5 Å². The van der Waals surface area contributed by atoms with E-state index in [-0.39, 0.29) is 74.3 Å². The number of nitrogens with zero attached hydrogens (tertiary/aromatic N) is 6. The molecule has 0 aliphatic carbocycles. The molecule has 0 fully saturated rings. The molecule has 0 aliphatic rings. The summed E-state index contributed by atoms with van der Waals surface area (Å²) in [5, 5.41) is 5.01. The molecule has 0 bridgehead atoms. The fourth-order valence-electron chi connectivity index (χ4n) is 9.84. The normalized spacial score (nSPS) is 14.5. The molecule has 0 saturated carbocycles. The fourth-order valence-corrected chi connectivity index (χ4v) is 9.84. The maximum atomic E-state index is 10.1. The van der Waals surface area contributed by atoms with Gasteiger partial charge >= 0.3 is 0 Å². The Bertz CT molecular complexity index is 4500. The van der Waals surface area contributed by atoms with Gasteiger partial charge in [0.25, 0.3) is 0 Å². The maximum Gasteiger partial charge on any atom is 0.168 e. The van der Waals surface area contributed by atoms with Crippen molar-refractivity contribution in [2.24, 2.45) is 0 Å². The van der Waals surface area contributed by atoms with E-state index in [1.165, 1.54) is 4.57 Å². The second-order valence-corrected chi connectivity index (χ2v) is 15.7. The van der Waals surface area contributed by atoms with E-state index in [1.54, 1.807) is 6.07 Å². The SMILES string of the molecule is [2H]c1c([2H])c(-n2c3ccccc3c3ccccc32)c(-c2nc(-n3c4ccccc4c4ccccc43)cc(-n3c4c([2H])c([2H])c([2H])c([2H])c4c4c([2H])c([2H])c([2H])c([2H])c43)n2)c(-n2c3ccccc3c3ccccc32)c1[2H]. The van der Waals surface area contributed by atoms with Crippen LogP contribution in [0.15, 0.2) is 218 Å². The third-order valence-electron chi connectivity index (χ3n) is 12.4. The van der Waals surface area contributed by atoms with E-state index in [2.05, 4.69) is 0 Å². The Balaban J connectivity index is 1.26. The first kappa shape index (κ1) is 25.9. The first-order valence-electron chi connectivity index (χ1n) is 26.4. The van der Waals surface area contributed by atoms with Crippen LogP contribution in [-0.4, -0.2) is 28.2 Å². The van der Waals surface area contributed by atoms with Gasteiger partial charge in [-0.25, -0.2) is 9.97 Å². The molecule has 6 nitrogen and oxygen atoms in total. The minimum Gasteiger partial charge on any atom is -0.308 e. The number of hydrogen-bond acceptors (Lipinski definition) is 2. The quantitative estimate of drug-likeness (QED) is 0.173. The molecule has 0 aliphatic heterocycles. The Morgan fingerprint density at radius 1 is 0.297 bits per heavy atom. The molecule has 9 aromatic carbocycles. The van der Waals surface area contributed by atoms with Crippen LogP contribution < -0.4 is 0 Å². The number of benzene rings is 9. The summed E-state index contributed by atoms with van der Waals surface area (Å²) in [7, 11) is 0. The molecule has 0 saturated heterocycles. The van der Waals surface area contributed by atoms with Gasteiger partial charge in [0.15, 0.2) is 5.82 Å². The summed E-state index contributed by atoms with van der Waals surface area (Å²) in [6, 6.07) is 43.1. The molecule has 5 heterocycles. The van der Waals surface area contributed by atoms with Crippen molar-refractivity contribution in [2.45, 2.75) is 0 Å². The van der Waals surface area contributed by atoms with E-state index in [9.17, 15) is 9.60 Å². The fraction of sp³-hybridized carbons (Fsp3) is 0. The van der Waals surface area contributed by atoms with Crippen LogP contribution in [0.3, 0.4) is 0 Å². The van der Waals surface area contributed by atoms with Gasteiger partial charge in [-0.1, -0.05) is 151 Å². The van der Waals surface area contributed by atoms with Crippen LogP contribution >= 0.6 is 0 Å². The first-order chi connectivity index (χ1) is 36.4. The Morgan fingerprint density at radius 3 is 0.984 bits per heavy atom. The zero-order valence-corrected chi connectivity index (χ0v) is 33.6. The zero-order chi connectivity index (χ0) is 51.5. The van der Waals surface area contributed by atoms with Gasteiger partial charge in [-0.3, -0.25) is 9.13 Å². The highest BCUT2D eigenvalue weighted by Crippen LogP contribution is 2.43. The number of rotatable bonds is 5. The van der Waals surface area contributed by atoms with Crippen LogP contribution in [0.5, 0.6) is 0 Å². The summed E-state index contributed by atoms with van der Waals surface area (Å²) >= 11 is 0. The van der Waals surface area contributed by atoms with Gasteiger partial charge in [-0.2, -0.15) is 0 Å². The lowest BCUT2D eigenvalue weighted by Crippen LogP contribution is -2.10. The largest absolute Gasteiger partial charge is 0.308 e. The van der Waals surface area contributed by atoms with Crippen LogP contribution in [0.1, 0.15) is 15.1 Å². The van der Waals surface area contributed by atoms with Crippen LogP contribution in [0.2, 0.25) is 0 Å². The molecule has 0 unspecified atom stereocenters. The molecule has 6 heteroatoms. The molecule has 64 heavy (non-hydrogen) atoms. The molecule has 0 atom stereocenters. The summed E-state index contributed by atoms with van der Waals surface area (Å²) < 4.78 is 110. The second-order valence-electron chi connectivity index (χ2n) is 15.7. The molecule has 14 aromatic rings. The molecule has 0 amide bonds. The topological polar surface area (TPSA) is 45.5 Å². The van der Waals surface area contributed by atoms with Crippen molar-refractivity contribution in [1.82, 2.24) is 28.2 Å². The summed E-state index contributed by atoms with van der Waals surface area (Å²) in [4.78, 5) is 10.9.